The highest BCUT2D eigenvalue weighted by atomic mass is 35.5. The van der Waals surface area contributed by atoms with Gasteiger partial charge in [0.15, 0.2) is 0 Å². The Morgan fingerprint density at radius 3 is 2.80 bits per heavy atom. The van der Waals surface area contributed by atoms with Crippen LogP contribution in [-0.4, -0.2) is 11.7 Å². The number of benzene rings is 1. The van der Waals surface area contributed by atoms with Gasteiger partial charge in [-0.1, -0.05) is 17.7 Å². The molecule has 0 aliphatic carbocycles. The Morgan fingerprint density at radius 2 is 2.27 bits per heavy atom. The van der Waals surface area contributed by atoms with Gasteiger partial charge in [-0.15, -0.1) is 0 Å². The third-order valence-corrected chi connectivity index (χ3v) is 2.60. The van der Waals surface area contributed by atoms with Gasteiger partial charge in [-0.2, -0.15) is 10.1 Å². The van der Waals surface area contributed by atoms with Crippen LogP contribution < -0.4 is 10.7 Å². The summed E-state index contributed by atoms with van der Waals surface area (Å²) < 4.78 is 0. The molecule has 1 heterocycles. The summed E-state index contributed by atoms with van der Waals surface area (Å²) in [6.07, 6.45) is 0.172. The van der Waals surface area contributed by atoms with Gasteiger partial charge in [-0.25, -0.2) is 0 Å². The minimum Gasteiger partial charge on any atom is -0.385 e. The Labute approximate surface area is 92.3 Å². The SMILES string of the molecule is Cc1ccc(N2N=C(N)CC2=O)cc1Cl. The van der Waals surface area contributed by atoms with Crippen LogP contribution in [0.2, 0.25) is 5.02 Å². The van der Waals surface area contributed by atoms with E-state index in [1.54, 1.807) is 12.1 Å². The number of anilines is 1. The number of aryl methyl sites for hydroxylation is 1. The minimum atomic E-state index is -0.132. The number of nitrogens with zero attached hydrogens (tertiary/aromatic N) is 2. The van der Waals surface area contributed by atoms with E-state index in [9.17, 15) is 4.79 Å². The lowest BCUT2D eigenvalue weighted by molar-refractivity contribution is -0.116. The number of carbonyl (C=O) groups is 1. The summed E-state index contributed by atoms with van der Waals surface area (Å²) >= 11 is 5.96. The molecule has 1 aromatic rings. The third-order valence-electron chi connectivity index (χ3n) is 2.20. The highest BCUT2D eigenvalue weighted by Crippen LogP contribution is 2.25. The first-order valence-corrected chi connectivity index (χ1v) is 4.88. The second kappa shape index (κ2) is 3.55. The number of nitrogens with two attached hydrogens (primary N) is 1. The quantitative estimate of drug-likeness (QED) is 0.787. The van der Waals surface area contributed by atoms with Gasteiger partial charge in [0.2, 0.25) is 0 Å². The summed E-state index contributed by atoms with van der Waals surface area (Å²) in [4.78, 5) is 11.5. The van der Waals surface area contributed by atoms with E-state index in [-0.39, 0.29) is 12.3 Å². The topological polar surface area (TPSA) is 58.7 Å². The molecule has 2 N–H and O–H groups in total. The highest BCUT2D eigenvalue weighted by molar-refractivity contribution is 6.31. The summed E-state index contributed by atoms with van der Waals surface area (Å²) in [7, 11) is 0. The van der Waals surface area contributed by atoms with Crippen molar-refractivity contribution < 1.29 is 4.79 Å². The minimum absolute atomic E-state index is 0.132. The van der Waals surface area contributed by atoms with E-state index >= 15 is 0 Å². The van der Waals surface area contributed by atoms with Crippen molar-refractivity contribution in [1.82, 2.24) is 0 Å². The van der Waals surface area contributed by atoms with Gasteiger partial charge in [0.25, 0.3) is 5.91 Å². The van der Waals surface area contributed by atoms with Gasteiger partial charge in [0.05, 0.1) is 12.1 Å². The average Bonchev–Trinajstić information content (AvgIpc) is 2.50. The normalized spacial score (nSPS) is 15.7. The lowest BCUT2D eigenvalue weighted by atomic mass is 10.2. The maximum atomic E-state index is 11.5. The van der Waals surface area contributed by atoms with Gasteiger partial charge in [0, 0.05) is 5.02 Å². The molecular weight excluding hydrogens is 214 g/mol. The summed E-state index contributed by atoms with van der Waals surface area (Å²) in [5.74, 6) is 0.198. The first kappa shape index (κ1) is 9.98. The van der Waals surface area contributed by atoms with E-state index in [0.29, 0.717) is 16.5 Å². The first-order valence-electron chi connectivity index (χ1n) is 4.50. The summed E-state index contributed by atoms with van der Waals surface area (Å²) in [5, 5.41) is 5.82. The lowest BCUT2D eigenvalue weighted by Crippen LogP contribution is -2.19. The van der Waals surface area contributed by atoms with Crippen LogP contribution >= 0.6 is 11.6 Å². The van der Waals surface area contributed by atoms with Gasteiger partial charge < -0.3 is 5.73 Å². The Kier molecular flexibility index (Phi) is 2.36. The molecule has 0 saturated heterocycles. The standard InChI is InChI=1S/C10H10ClN3O/c1-6-2-3-7(4-8(6)11)14-10(15)5-9(12)13-14/h2-4H,5H2,1H3,(H2,12,13). The number of hydrogen-bond donors (Lipinski definition) is 1. The second-order valence-electron chi connectivity index (χ2n) is 3.41. The number of halogens is 1. The fourth-order valence-electron chi connectivity index (χ4n) is 1.36. The van der Waals surface area contributed by atoms with E-state index in [0.717, 1.165) is 5.56 Å². The molecule has 0 bridgehead atoms. The molecule has 0 spiro atoms. The van der Waals surface area contributed by atoms with Crippen LogP contribution in [0.5, 0.6) is 0 Å². The fourth-order valence-corrected chi connectivity index (χ4v) is 1.54. The zero-order chi connectivity index (χ0) is 11.0. The monoisotopic (exact) mass is 223 g/mol. The lowest BCUT2D eigenvalue weighted by Gasteiger charge is -2.12. The molecule has 1 amide bonds. The van der Waals surface area contributed by atoms with E-state index in [1.165, 1.54) is 5.01 Å². The van der Waals surface area contributed by atoms with Crippen molar-refractivity contribution in [1.29, 1.82) is 0 Å². The summed E-state index contributed by atoms with van der Waals surface area (Å²) in [5.41, 5.74) is 7.09. The average molecular weight is 224 g/mol. The van der Waals surface area contributed by atoms with Crippen LogP contribution in [0.4, 0.5) is 5.69 Å². The fraction of sp³-hybridized carbons (Fsp3) is 0.200. The molecule has 1 aliphatic heterocycles. The van der Waals surface area contributed by atoms with Gasteiger partial charge in [0.1, 0.15) is 5.84 Å². The molecule has 0 saturated carbocycles. The van der Waals surface area contributed by atoms with Crippen molar-refractivity contribution in [3.8, 4) is 0 Å². The molecule has 4 nitrogen and oxygen atoms in total. The van der Waals surface area contributed by atoms with E-state index in [4.69, 9.17) is 17.3 Å². The molecular formula is C10H10ClN3O. The van der Waals surface area contributed by atoms with Crippen molar-refractivity contribution in [3.05, 3.63) is 28.8 Å². The van der Waals surface area contributed by atoms with Gasteiger partial charge in [-0.3, -0.25) is 4.79 Å². The molecule has 0 fully saturated rings. The Hall–Kier alpha value is -1.55. The Balaban J connectivity index is 2.38. The van der Waals surface area contributed by atoms with Crippen LogP contribution in [0.15, 0.2) is 23.3 Å². The molecule has 15 heavy (non-hydrogen) atoms. The maximum Gasteiger partial charge on any atom is 0.255 e. The molecule has 1 aliphatic rings. The molecule has 78 valence electrons. The second-order valence-corrected chi connectivity index (χ2v) is 3.81. The molecule has 1 aromatic carbocycles. The molecule has 0 atom stereocenters. The number of amidine groups is 1. The predicted molar refractivity (Wildman–Crippen MR) is 59.9 cm³/mol. The van der Waals surface area contributed by atoms with Crippen LogP contribution in [0, 0.1) is 6.92 Å². The van der Waals surface area contributed by atoms with Crippen LogP contribution in [0.1, 0.15) is 12.0 Å². The predicted octanol–water partition coefficient (Wildman–Crippen LogP) is 1.66. The zero-order valence-electron chi connectivity index (χ0n) is 8.20. The summed E-state index contributed by atoms with van der Waals surface area (Å²) in [6, 6.07) is 5.34. The number of hydrogen-bond acceptors (Lipinski definition) is 3. The molecule has 2 rings (SSSR count). The highest BCUT2D eigenvalue weighted by Gasteiger charge is 2.23. The molecule has 0 radical (unpaired) electrons. The van der Waals surface area contributed by atoms with Crippen LogP contribution in [-0.2, 0) is 4.79 Å². The molecule has 5 heteroatoms. The van der Waals surface area contributed by atoms with Crippen molar-refractivity contribution in [2.24, 2.45) is 10.8 Å². The Morgan fingerprint density at radius 1 is 1.53 bits per heavy atom. The van der Waals surface area contributed by atoms with Crippen molar-refractivity contribution in [2.75, 3.05) is 5.01 Å². The first-order chi connectivity index (χ1) is 7.08. The number of carbonyl (C=O) groups excluding carboxylic acids is 1. The smallest absolute Gasteiger partial charge is 0.255 e. The Bertz CT molecular complexity index is 456. The summed E-state index contributed by atoms with van der Waals surface area (Å²) in [6.45, 7) is 1.90. The zero-order valence-corrected chi connectivity index (χ0v) is 8.95. The third kappa shape index (κ3) is 1.80. The van der Waals surface area contributed by atoms with Crippen LogP contribution in [0.3, 0.4) is 0 Å². The largest absolute Gasteiger partial charge is 0.385 e. The van der Waals surface area contributed by atoms with Crippen molar-refractivity contribution in [2.45, 2.75) is 13.3 Å². The maximum absolute atomic E-state index is 11.5. The van der Waals surface area contributed by atoms with E-state index < -0.39 is 0 Å². The van der Waals surface area contributed by atoms with Crippen molar-refractivity contribution >= 4 is 29.0 Å². The van der Waals surface area contributed by atoms with Gasteiger partial charge in [-0.05, 0) is 24.6 Å². The number of amides is 1. The van der Waals surface area contributed by atoms with Crippen LogP contribution in [0.25, 0.3) is 0 Å². The van der Waals surface area contributed by atoms with Gasteiger partial charge >= 0.3 is 0 Å². The van der Waals surface area contributed by atoms with Crippen molar-refractivity contribution in [3.63, 3.8) is 0 Å². The van der Waals surface area contributed by atoms with E-state index in [2.05, 4.69) is 5.10 Å². The molecule has 0 unspecified atom stereocenters. The number of rotatable bonds is 1. The number of hydrazone groups is 1. The van der Waals surface area contributed by atoms with E-state index in [1.807, 2.05) is 13.0 Å². The molecule has 0 aromatic heterocycles.